The number of aromatic nitrogens is 1. The summed E-state index contributed by atoms with van der Waals surface area (Å²) in [6.07, 6.45) is 5.96. The van der Waals surface area contributed by atoms with Crippen molar-refractivity contribution in [3.8, 4) is 0 Å². The van der Waals surface area contributed by atoms with Gasteiger partial charge in [-0.3, -0.25) is 4.98 Å². The zero-order chi connectivity index (χ0) is 11.8. The molecule has 0 bridgehead atoms. The summed E-state index contributed by atoms with van der Waals surface area (Å²) >= 11 is 2.34. The lowest BCUT2D eigenvalue weighted by Gasteiger charge is -2.12. The molecule has 0 unspecified atom stereocenters. The van der Waals surface area contributed by atoms with Crippen LogP contribution in [0.3, 0.4) is 0 Å². The molecule has 2 aromatic rings. The zero-order valence-electron chi connectivity index (χ0n) is 9.67. The molecule has 1 aliphatic carbocycles. The molecule has 0 fully saturated rings. The van der Waals surface area contributed by atoms with Crippen molar-refractivity contribution >= 4 is 39.2 Å². The van der Waals surface area contributed by atoms with Crippen LogP contribution in [0.1, 0.15) is 30.5 Å². The van der Waals surface area contributed by atoms with E-state index in [9.17, 15) is 0 Å². The second-order valence-electron chi connectivity index (χ2n) is 4.65. The van der Waals surface area contributed by atoms with Gasteiger partial charge in [0.1, 0.15) is 0 Å². The summed E-state index contributed by atoms with van der Waals surface area (Å²) in [5, 5.41) is 1.12. The minimum Gasteiger partial charge on any atom is -0.398 e. The van der Waals surface area contributed by atoms with Crippen LogP contribution in [0.2, 0.25) is 0 Å². The van der Waals surface area contributed by atoms with Gasteiger partial charge in [0, 0.05) is 20.3 Å². The summed E-state index contributed by atoms with van der Waals surface area (Å²) in [4.78, 5) is 4.85. The number of hydrogen-bond acceptors (Lipinski definition) is 2. The third kappa shape index (κ3) is 1.90. The number of benzene rings is 1. The maximum absolute atomic E-state index is 6.33. The summed E-state index contributed by atoms with van der Waals surface area (Å²) in [7, 11) is 0. The standard InChI is InChI=1S/C14H15IN2/c15-11-7-4-6-10-13(16)9-5-2-1-3-8-12(9)17-14(10)11/h4,6-7H,1-3,5,8H2,(H2,16,17). The van der Waals surface area contributed by atoms with E-state index in [0.717, 1.165) is 29.4 Å². The van der Waals surface area contributed by atoms with Crippen molar-refractivity contribution in [2.45, 2.75) is 32.1 Å². The lowest BCUT2D eigenvalue weighted by Crippen LogP contribution is -2.03. The van der Waals surface area contributed by atoms with Gasteiger partial charge in [0.2, 0.25) is 0 Å². The number of anilines is 1. The number of aryl methyl sites for hydroxylation is 1. The van der Waals surface area contributed by atoms with Crippen LogP contribution in [-0.4, -0.2) is 4.98 Å². The van der Waals surface area contributed by atoms with Crippen molar-refractivity contribution in [3.05, 3.63) is 33.0 Å². The normalized spacial score (nSPS) is 15.6. The van der Waals surface area contributed by atoms with E-state index in [4.69, 9.17) is 10.7 Å². The first-order valence-electron chi connectivity index (χ1n) is 6.13. The lowest BCUT2D eigenvalue weighted by atomic mass is 10.0. The third-order valence-electron chi connectivity index (χ3n) is 3.54. The molecule has 17 heavy (non-hydrogen) atoms. The second-order valence-corrected chi connectivity index (χ2v) is 5.81. The highest BCUT2D eigenvalue weighted by molar-refractivity contribution is 14.1. The van der Waals surface area contributed by atoms with Gasteiger partial charge >= 0.3 is 0 Å². The van der Waals surface area contributed by atoms with E-state index in [1.807, 2.05) is 0 Å². The van der Waals surface area contributed by atoms with Crippen molar-refractivity contribution in [2.75, 3.05) is 5.73 Å². The van der Waals surface area contributed by atoms with Gasteiger partial charge in [-0.05, 0) is 59.9 Å². The molecule has 0 amide bonds. The highest BCUT2D eigenvalue weighted by Crippen LogP contribution is 2.32. The Morgan fingerprint density at radius 2 is 1.94 bits per heavy atom. The number of nitrogens with zero attached hydrogens (tertiary/aromatic N) is 1. The van der Waals surface area contributed by atoms with Crippen LogP contribution < -0.4 is 5.73 Å². The van der Waals surface area contributed by atoms with Gasteiger partial charge in [0.05, 0.1) is 5.52 Å². The molecule has 1 heterocycles. The monoisotopic (exact) mass is 338 g/mol. The Bertz CT molecular complexity index is 578. The van der Waals surface area contributed by atoms with Crippen LogP contribution in [-0.2, 0) is 12.8 Å². The number of pyridine rings is 1. The van der Waals surface area contributed by atoms with Crippen molar-refractivity contribution in [3.63, 3.8) is 0 Å². The molecule has 2 nitrogen and oxygen atoms in total. The van der Waals surface area contributed by atoms with E-state index in [1.165, 1.54) is 34.1 Å². The molecule has 3 rings (SSSR count). The van der Waals surface area contributed by atoms with Gasteiger partial charge < -0.3 is 5.73 Å². The van der Waals surface area contributed by atoms with Gasteiger partial charge in [-0.1, -0.05) is 18.6 Å². The molecule has 0 radical (unpaired) electrons. The zero-order valence-corrected chi connectivity index (χ0v) is 11.8. The Morgan fingerprint density at radius 1 is 1.12 bits per heavy atom. The molecule has 1 aromatic carbocycles. The molecule has 1 aliphatic rings. The number of fused-ring (bicyclic) bond motifs is 2. The van der Waals surface area contributed by atoms with Crippen LogP contribution in [0.25, 0.3) is 10.9 Å². The molecule has 1 aromatic heterocycles. The molecular formula is C14H15IN2. The fourth-order valence-corrected chi connectivity index (χ4v) is 3.24. The van der Waals surface area contributed by atoms with Gasteiger partial charge in [-0.2, -0.15) is 0 Å². The fraction of sp³-hybridized carbons (Fsp3) is 0.357. The van der Waals surface area contributed by atoms with Crippen LogP contribution >= 0.6 is 22.6 Å². The third-order valence-corrected chi connectivity index (χ3v) is 4.41. The van der Waals surface area contributed by atoms with Crippen LogP contribution in [0.5, 0.6) is 0 Å². The van der Waals surface area contributed by atoms with Gasteiger partial charge in [-0.25, -0.2) is 0 Å². The molecule has 0 aliphatic heterocycles. The lowest BCUT2D eigenvalue weighted by molar-refractivity contribution is 0.709. The maximum Gasteiger partial charge on any atom is 0.0859 e. The topological polar surface area (TPSA) is 38.9 Å². The predicted octanol–water partition coefficient (Wildman–Crippen LogP) is 3.69. The molecule has 88 valence electrons. The first-order valence-corrected chi connectivity index (χ1v) is 7.20. The minimum atomic E-state index is 0.963. The maximum atomic E-state index is 6.33. The van der Waals surface area contributed by atoms with Crippen molar-refractivity contribution in [1.29, 1.82) is 0 Å². The Balaban J connectivity index is 2.33. The molecule has 2 N–H and O–H groups in total. The summed E-state index contributed by atoms with van der Waals surface area (Å²) in [5.74, 6) is 0. The van der Waals surface area contributed by atoms with Crippen LogP contribution in [0, 0.1) is 3.57 Å². The van der Waals surface area contributed by atoms with E-state index in [0.29, 0.717) is 0 Å². The van der Waals surface area contributed by atoms with Crippen molar-refractivity contribution in [1.82, 2.24) is 4.98 Å². The first-order chi connectivity index (χ1) is 8.27. The van der Waals surface area contributed by atoms with Crippen molar-refractivity contribution < 1.29 is 0 Å². The smallest absolute Gasteiger partial charge is 0.0859 e. The average molecular weight is 338 g/mol. The van der Waals surface area contributed by atoms with E-state index < -0.39 is 0 Å². The summed E-state index contributed by atoms with van der Waals surface area (Å²) in [6, 6.07) is 6.24. The Hall–Kier alpha value is -0.840. The van der Waals surface area contributed by atoms with Gasteiger partial charge in [0.15, 0.2) is 0 Å². The average Bonchev–Trinajstić information content (AvgIpc) is 2.56. The quantitative estimate of drug-likeness (QED) is 0.588. The largest absolute Gasteiger partial charge is 0.398 e. The summed E-state index contributed by atoms with van der Waals surface area (Å²) in [6.45, 7) is 0. The molecule has 0 saturated heterocycles. The van der Waals surface area contributed by atoms with E-state index >= 15 is 0 Å². The van der Waals surface area contributed by atoms with E-state index in [1.54, 1.807) is 0 Å². The fourth-order valence-electron chi connectivity index (χ4n) is 2.62. The SMILES string of the molecule is Nc1c2c(nc3c(I)cccc13)CCCCC2. The Labute approximate surface area is 115 Å². The van der Waals surface area contributed by atoms with Crippen molar-refractivity contribution in [2.24, 2.45) is 0 Å². The molecule has 0 saturated carbocycles. The predicted molar refractivity (Wildman–Crippen MR) is 80.1 cm³/mol. The molecule has 0 spiro atoms. The number of nitrogens with two attached hydrogens (primary N) is 1. The van der Waals surface area contributed by atoms with Gasteiger partial charge in [0.25, 0.3) is 0 Å². The van der Waals surface area contributed by atoms with E-state index in [2.05, 4.69) is 40.8 Å². The summed E-state index contributed by atoms with van der Waals surface area (Å²) < 4.78 is 1.19. The number of nitrogen functional groups attached to an aromatic ring is 1. The minimum absolute atomic E-state index is 0.963. The highest BCUT2D eigenvalue weighted by Gasteiger charge is 2.16. The van der Waals surface area contributed by atoms with Crippen LogP contribution in [0.15, 0.2) is 18.2 Å². The molecular weight excluding hydrogens is 323 g/mol. The molecule has 0 atom stereocenters. The Morgan fingerprint density at radius 3 is 2.82 bits per heavy atom. The summed E-state index contributed by atoms with van der Waals surface area (Å²) in [5.41, 5.74) is 10.9. The number of para-hydroxylation sites is 1. The number of hydrogen-bond donors (Lipinski definition) is 1. The Kier molecular flexibility index (Phi) is 2.94. The number of halogens is 1. The van der Waals surface area contributed by atoms with Gasteiger partial charge in [-0.15, -0.1) is 0 Å². The van der Waals surface area contributed by atoms with Crippen LogP contribution in [0.4, 0.5) is 5.69 Å². The second kappa shape index (κ2) is 4.44. The first kappa shape index (κ1) is 11.3. The van der Waals surface area contributed by atoms with E-state index in [-0.39, 0.29) is 0 Å². The number of rotatable bonds is 0. The molecule has 3 heteroatoms. The highest BCUT2D eigenvalue weighted by atomic mass is 127.